The number of nitrogens with zero attached hydrogens (tertiary/aromatic N) is 4. The van der Waals surface area contributed by atoms with Gasteiger partial charge in [0.2, 0.25) is 5.91 Å². The summed E-state index contributed by atoms with van der Waals surface area (Å²) in [4.78, 5) is 44.4. The molecule has 0 bridgehead atoms. The van der Waals surface area contributed by atoms with Gasteiger partial charge in [-0.25, -0.2) is 13.6 Å². The number of rotatable bonds is 10. The lowest BCUT2D eigenvalue weighted by molar-refractivity contribution is -0.139. The third-order valence-corrected chi connectivity index (χ3v) is 9.97. The molecule has 3 heterocycles. The van der Waals surface area contributed by atoms with Gasteiger partial charge in [-0.15, -0.1) is 0 Å². The lowest BCUT2D eigenvalue weighted by atomic mass is 10.0. The number of hydrogen-bond acceptors (Lipinski definition) is 9. The maximum atomic E-state index is 14.5. The van der Waals surface area contributed by atoms with Crippen LogP contribution < -0.4 is 16.0 Å². The summed E-state index contributed by atoms with van der Waals surface area (Å²) in [6, 6.07) is 7.33. The second-order valence-corrected chi connectivity index (χ2v) is 15.8. The summed E-state index contributed by atoms with van der Waals surface area (Å²) in [6.45, 7) is 9.81. The molecule has 1 amide bonds. The number of carbonyl (C=O) groups is 1. The Morgan fingerprint density at radius 2 is 1.84 bits per heavy atom. The van der Waals surface area contributed by atoms with Crippen LogP contribution in [0, 0.1) is 6.92 Å². The summed E-state index contributed by atoms with van der Waals surface area (Å²) >= 11 is 1.14. The SMILES string of the molecule is COc1ccccc1[C@H](Cn1c(=O)n(C(C)(C)C(=O)N(C)C(C)C)c(=O)c2c(C)c(N=S(C)(C)=O)sc21)OC1CCOCC1. The van der Waals surface area contributed by atoms with Crippen LogP contribution in [-0.2, 0) is 36.1 Å². The van der Waals surface area contributed by atoms with Gasteiger partial charge in [0.1, 0.15) is 27.2 Å². The van der Waals surface area contributed by atoms with Crippen LogP contribution in [0.25, 0.3) is 10.2 Å². The Morgan fingerprint density at radius 1 is 1.20 bits per heavy atom. The molecule has 44 heavy (non-hydrogen) atoms. The van der Waals surface area contributed by atoms with Gasteiger partial charge in [0.15, 0.2) is 0 Å². The molecule has 0 aliphatic carbocycles. The number of methoxy groups -OCH3 is 1. The largest absolute Gasteiger partial charge is 0.496 e. The monoisotopic (exact) mass is 648 g/mol. The third kappa shape index (κ3) is 6.80. The highest BCUT2D eigenvalue weighted by Gasteiger charge is 2.38. The van der Waals surface area contributed by atoms with Gasteiger partial charge in [-0.2, -0.15) is 4.36 Å². The highest BCUT2D eigenvalue weighted by molar-refractivity contribution is 7.92. The van der Waals surface area contributed by atoms with E-state index in [1.807, 2.05) is 38.1 Å². The normalized spacial score (nSPS) is 15.5. The molecule has 11 nitrogen and oxygen atoms in total. The van der Waals surface area contributed by atoms with Crippen LogP contribution >= 0.6 is 11.3 Å². The number of para-hydroxylation sites is 1. The third-order valence-electron chi connectivity index (χ3n) is 8.03. The van der Waals surface area contributed by atoms with Crippen molar-refractivity contribution in [3.8, 4) is 5.75 Å². The molecule has 0 saturated carbocycles. The highest BCUT2D eigenvalue weighted by atomic mass is 32.2. The number of carbonyl (C=O) groups excluding carboxylic acids is 1. The topological polar surface area (TPSA) is 121 Å². The first-order chi connectivity index (χ1) is 20.6. The molecule has 3 aromatic rings. The summed E-state index contributed by atoms with van der Waals surface area (Å²) in [5.41, 5.74) is -1.50. The number of aryl methyl sites for hydroxylation is 1. The van der Waals surface area contributed by atoms with Gasteiger partial charge in [-0.1, -0.05) is 29.5 Å². The molecule has 242 valence electrons. The Hall–Kier alpha value is -3.00. The summed E-state index contributed by atoms with van der Waals surface area (Å²) in [5.74, 6) is 0.228. The maximum Gasteiger partial charge on any atom is 0.333 e. The predicted molar refractivity (Wildman–Crippen MR) is 175 cm³/mol. The van der Waals surface area contributed by atoms with Gasteiger partial charge < -0.3 is 19.1 Å². The molecule has 1 saturated heterocycles. The lowest BCUT2D eigenvalue weighted by Gasteiger charge is -2.33. The lowest BCUT2D eigenvalue weighted by Crippen LogP contribution is -2.57. The van der Waals surface area contributed by atoms with Crippen molar-refractivity contribution in [2.24, 2.45) is 4.36 Å². The van der Waals surface area contributed by atoms with Gasteiger partial charge in [0.05, 0.1) is 25.1 Å². The van der Waals surface area contributed by atoms with Crippen LogP contribution in [0.3, 0.4) is 0 Å². The van der Waals surface area contributed by atoms with Crippen molar-refractivity contribution in [2.45, 2.75) is 77.8 Å². The predicted octanol–water partition coefficient (Wildman–Crippen LogP) is 4.44. The Bertz CT molecular complexity index is 1770. The highest BCUT2D eigenvalue weighted by Crippen LogP contribution is 2.38. The first-order valence-corrected chi connectivity index (χ1v) is 17.8. The first-order valence-electron chi connectivity index (χ1n) is 14.7. The maximum absolute atomic E-state index is 14.5. The number of ether oxygens (including phenoxy) is 3. The molecule has 2 aromatic heterocycles. The zero-order chi connectivity index (χ0) is 32.6. The van der Waals surface area contributed by atoms with E-state index in [0.29, 0.717) is 47.2 Å². The standard InChI is InChI=1S/C31H44N4O7S2/c1-19(2)33(6)29(37)31(4,5)35-27(36)25-20(3)26(32-44(8,9)39)43-28(25)34(30(35)38)18-24(42-21-14-16-41-17-15-21)22-12-10-11-13-23(22)40-7/h10-13,19,21,24H,14-18H2,1-9H3/t24-/m0/s1. The Kier molecular flexibility index (Phi) is 10.1. The number of fused-ring (bicyclic) bond motifs is 1. The van der Waals surface area contributed by atoms with Gasteiger partial charge in [0.25, 0.3) is 5.56 Å². The van der Waals surface area contributed by atoms with E-state index in [4.69, 9.17) is 14.2 Å². The van der Waals surface area contributed by atoms with Crippen molar-refractivity contribution in [3.05, 3.63) is 56.2 Å². The quantitative estimate of drug-likeness (QED) is 0.319. The molecule has 0 unspecified atom stereocenters. The van der Waals surface area contributed by atoms with Crippen LogP contribution in [0.1, 0.15) is 57.8 Å². The number of amides is 1. The molecule has 13 heteroatoms. The van der Waals surface area contributed by atoms with Crippen molar-refractivity contribution in [3.63, 3.8) is 0 Å². The summed E-state index contributed by atoms with van der Waals surface area (Å²) in [5, 5.41) is 0.663. The molecule has 1 atom stereocenters. The van der Waals surface area contributed by atoms with E-state index in [1.54, 1.807) is 34.9 Å². The first kappa shape index (κ1) is 33.9. The number of benzene rings is 1. The number of hydrogen-bond donors (Lipinski definition) is 0. The number of thiophene rings is 1. The molecular weight excluding hydrogens is 604 g/mol. The summed E-state index contributed by atoms with van der Waals surface area (Å²) in [6.07, 6.45) is 3.68. The van der Waals surface area contributed by atoms with Crippen LogP contribution in [0.2, 0.25) is 0 Å². The molecular formula is C31H44N4O7S2. The smallest absolute Gasteiger partial charge is 0.333 e. The fourth-order valence-corrected chi connectivity index (χ4v) is 7.66. The van der Waals surface area contributed by atoms with Crippen LogP contribution in [0.15, 0.2) is 38.2 Å². The van der Waals surface area contributed by atoms with Gasteiger partial charge in [-0.05, 0) is 53.5 Å². The van der Waals surface area contributed by atoms with Crippen LogP contribution in [0.5, 0.6) is 5.75 Å². The molecule has 4 rings (SSSR count). The van der Waals surface area contributed by atoms with E-state index >= 15 is 0 Å². The van der Waals surface area contributed by atoms with Crippen molar-refractivity contribution < 1.29 is 23.2 Å². The van der Waals surface area contributed by atoms with Crippen molar-refractivity contribution in [1.82, 2.24) is 14.0 Å². The summed E-state index contributed by atoms with van der Waals surface area (Å²) in [7, 11) is 0.661. The van der Waals surface area contributed by atoms with E-state index in [9.17, 15) is 18.6 Å². The average molecular weight is 649 g/mol. The average Bonchev–Trinajstić information content (AvgIpc) is 3.28. The van der Waals surface area contributed by atoms with Crippen molar-refractivity contribution in [2.75, 3.05) is 39.9 Å². The van der Waals surface area contributed by atoms with E-state index in [1.165, 1.54) is 22.0 Å². The molecule has 1 aromatic carbocycles. The molecule has 1 fully saturated rings. The van der Waals surface area contributed by atoms with Crippen LogP contribution in [-0.4, -0.2) is 76.2 Å². The van der Waals surface area contributed by atoms with Gasteiger partial charge in [0, 0.05) is 59.7 Å². The van der Waals surface area contributed by atoms with E-state index in [0.717, 1.165) is 21.5 Å². The molecule has 0 spiro atoms. The fraction of sp³-hybridized carbons (Fsp3) is 0.581. The van der Waals surface area contributed by atoms with Crippen molar-refractivity contribution >= 4 is 42.2 Å². The second-order valence-electron chi connectivity index (χ2n) is 12.3. The van der Waals surface area contributed by atoms with Gasteiger partial charge >= 0.3 is 5.69 Å². The minimum Gasteiger partial charge on any atom is -0.496 e. The molecule has 1 aliphatic heterocycles. The summed E-state index contributed by atoms with van der Waals surface area (Å²) < 4.78 is 37.6. The zero-order valence-corrected chi connectivity index (χ0v) is 28.7. The molecule has 1 aliphatic rings. The minimum atomic E-state index is -2.57. The van der Waals surface area contributed by atoms with Gasteiger partial charge in [-0.3, -0.25) is 14.2 Å². The number of likely N-dealkylation sites (N-methyl/N-ethyl adjacent to an activating group) is 1. The Balaban J connectivity index is 2.03. The number of aromatic nitrogens is 2. The Morgan fingerprint density at radius 3 is 2.43 bits per heavy atom. The fourth-order valence-electron chi connectivity index (χ4n) is 5.39. The van der Waals surface area contributed by atoms with E-state index in [2.05, 4.69) is 4.36 Å². The van der Waals surface area contributed by atoms with Crippen LogP contribution in [0.4, 0.5) is 5.00 Å². The second kappa shape index (κ2) is 13.2. The van der Waals surface area contributed by atoms with E-state index < -0.39 is 32.6 Å². The van der Waals surface area contributed by atoms with E-state index in [-0.39, 0.29) is 30.0 Å². The molecule has 0 N–H and O–H groups in total. The minimum absolute atomic E-state index is 0.0324. The van der Waals surface area contributed by atoms with Crippen molar-refractivity contribution in [1.29, 1.82) is 0 Å². The Labute approximate surface area is 262 Å². The molecule has 0 radical (unpaired) electrons. The zero-order valence-electron chi connectivity index (χ0n) is 27.0.